The van der Waals surface area contributed by atoms with Gasteiger partial charge in [0.1, 0.15) is 0 Å². The Morgan fingerprint density at radius 1 is 1.35 bits per heavy atom. The lowest BCUT2D eigenvalue weighted by Crippen LogP contribution is -2.39. The summed E-state index contributed by atoms with van der Waals surface area (Å²) in [4.78, 5) is 14.6. The fourth-order valence-corrected chi connectivity index (χ4v) is 3.87. The van der Waals surface area contributed by atoms with Gasteiger partial charge >= 0.3 is 5.97 Å². The van der Waals surface area contributed by atoms with Crippen LogP contribution in [0.3, 0.4) is 0 Å². The van der Waals surface area contributed by atoms with Gasteiger partial charge in [-0.2, -0.15) is 0 Å². The smallest absolute Gasteiger partial charge is 0.317 e. The molecule has 3 nitrogen and oxygen atoms in total. The van der Waals surface area contributed by atoms with Crippen molar-refractivity contribution in [2.45, 2.75) is 19.4 Å². The van der Waals surface area contributed by atoms with Gasteiger partial charge in [-0.15, -0.1) is 11.3 Å². The molecule has 0 spiro atoms. The third-order valence-corrected chi connectivity index (χ3v) is 4.88. The maximum atomic E-state index is 11.1. The fraction of sp³-hybridized carbons (Fsp3) is 0.312. The summed E-state index contributed by atoms with van der Waals surface area (Å²) in [7, 11) is 0. The number of aliphatic carboxylic acids is 1. The van der Waals surface area contributed by atoms with Crippen LogP contribution in [-0.2, 0) is 11.2 Å². The number of carbonyl (C=O) groups is 1. The van der Waals surface area contributed by atoms with Gasteiger partial charge in [-0.05, 0) is 41.5 Å². The van der Waals surface area contributed by atoms with Gasteiger partial charge in [-0.3, -0.25) is 9.69 Å². The van der Waals surface area contributed by atoms with Gasteiger partial charge in [0.25, 0.3) is 0 Å². The summed E-state index contributed by atoms with van der Waals surface area (Å²) >= 11 is 1.78. The second-order valence-corrected chi connectivity index (χ2v) is 6.17. The SMILES string of the molecule is Cc1ccccc1C1c2ccsc2CCN1CC(=O)O. The predicted octanol–water partition coefficient (Wildman–Crippen LogP) is 3.09. The molecule has 1 aromatic carbocycles. The molecule has 0 aliphatic carbocycles. The van der Waals surface area contributed by atoms with E-state index in [9.17, 15) is 4.79 Å². The molecule has 4 heteroatoms. The first-order chi connectivity index (χ1) is 9.66. The Bertz CT molecular complexity index is 635. The first-order valence-electron chi connectivity index (χ1n) is 6.74. The van der Waals surface area contributed by atoms with E-state index in [1.807, 2.05) is 12.1 Å². The summed E-state index contributed by atoms with van der Waals surface area (Å²) in [6.07, 6.45) is 0.947. The molecule has 1 unspecified atom stereocenters. The Morgan fingerprint density at radius 2 is 2.15 bits per heavy atom. The molecule has 2 heterocycles. The average molecular weight is 287 g/mol. The normalized spacial score (nSPS) is 18.8. The number of thiophene rings is 1. The van der Waals surface area contributed by atoms with E-state index in [1.54, 1.807) is 11.3 Å². The zero-order valence-electron chi connectivity index (χ0n) is 11.4. The van der Waals surface area contributed by atoms with E-state index in [-0.39, 0.29) is 12.6 Å². The molecule has 1 atom stereocenters. The molecule has 104 valence electrons. The van der Waals surface area contributed by atoms with Crippen LogP contribution in [0, 0.1) is 6.92 Å². The third kappa shape index (κ3) is 2.37. The van der Waals surface area contributed by atoms with E-state index in [0.29, 0.717) is 0 Å². The van der Waals surface area contributed by atoms with E-state index in [4.69, 9.17) is 5.11 Å². The highest BCUT2D eigenvalue weighted by Gasteiger charge is 2.31. The summed E-state index contributed by atoms with van der Waals surface area (Å²) in [6, 6.07) is 10.5. The molecule has 20 heavy (non-hydrogen) atoms. The van der Waals surface area contributed by atoms with Crippen LogP contribution in [0.15, 0.2) is 35.7 Å². The van der Waals surface area contributed by atoms with Crippen molar-refractivity contribution >= 4 is 17.3 Å². The standard InChI is InChI=1S/C16H17NO2S/c1-11-4-2-3-5-12(11)16-13-7-9-20-14(13)6-8-17(16)10-15(18)19/h2-5,7,9,16H,6,8,10H2,1H3,(H,18,19). The van der Waals surface area contributed by atoms with Crippen molar-refractivity contribution in [3.63, 3.8) is 0 Å². The van der Waals surface area contributed by atoms with E-state index in [2.05, 4.69) is 35.4 Å². The maximum Gasteiger partial charge on any atom is 0.317 e. The number of rotatable bonds is 3. The number of carboxylic acid groups (broad SMARTS) is 1. The lowest BCUT2D eigenvalue weighted by molar-refractivity contribution is -0.138. The lowest BCUT2D eigenvalue weighted by Gasteiger charge is -2.35. The highest BCUT2D eigenvalue weighted by molar-refractivity contribution is 7.10. The summed E-state index contributed by atoms with van der Waals surface area (Å²) in [6.45, 7) is 2.99. The largest absolute Gasteiger partial charge is 0.480 e. The zero-order valence-corrected chi connectivity index (χ0v) is 12.2. The number of hydrogen-bond acceptors (Lipinski definition) is 3. The molecule has 0 radical (unpaired) electrons. The van der Waals surface area contributed by atoms with Gasteiger partial charge in [0.2, 0.25) is 0 Å². The Balaban J connectivity index is 2.07. The Morgan fingerprint density at radius 3 is 2.90 bits per heavy atom. The van der Waals surface area contributed by atoms with E-state index in [1.165, 1.54) is 21.6 Å². The van der Waals surface area contributed by atoms with Crippen LogP contribution in [0.25, 0.3) is 0 Å². The van der Waals surface area contributed by atoms with Crippen LogP contribution >= 0.6 is 11.3 Å². The Kier molecular flexibility index (Phi) is 3.59. The predicted molar refractivity (Wildman–Crippen MR) is 80.3 cm³/mol. The van der Waals surface area contributed by atoms with Gasteiger partial charge in [-0.1, -0.05) is 24.3 Å². The van der Waals surface area contributed by atoms with Crippen LogP contribution in [0.2, 0.25) is 0 Å². The van der Waals surface area contributed by atoms with Gasteiger partial charge in [0, 0.05) is 11.4 Å². The van der Waals surface area contributed by atoms with Crippen molar-refractivity contribution in [3.05, 3.63) is 57.3 Å². The van der Waals surface area contributed by atoms with Gasteiger partial charge in [-0.25, -0.2) is 0 Å². The van der Waals surface area contributed by atoms with Crippen molar-refractivity contribution in [1.82, 2.24) is 4.90 Å². The van der Waals surface area contributed by atoms with E-state index >= 15 is 0 Å². The van der Waals surface area contributed by atoms with Gasteiger partial charge in [0.05, 0.1) is 12.6 Å². The van der Waals surface area contributed by atoms with Crippen LogP contribution in [-0.4, -0.2) is 29.1 Å². The van der Waals surface area contributed by atoms with Crippen LogP contribution in [0.1, 0.15) is 27.6 Å². The summed E-state index contributed by atoms with van der Waals surface area (Å²) in [5.41, 5.74) is 3.71. The summed E-state index contributed by atoms with van der Waals surface area (Å²) in [5, 5.41) is 11.3. The van der Waals surface area contributed by atoms with Crippen molar-refractivity contribution in [1.29, 1.82) is 0 Å². The highest BCUT2D eigenvalue weighted by Crippen LogP contribution is 2.38. The molecule has 1 aliphatic rings. The van der Waals surface area contributed by atoms with E-state index in [0.717, 1.165) is 13.0 Å². The molecule has 0 bridgehead atoms. The maximum absolute atomic E-state index is 11.1. The molecule has 1 aliphatic heterocycles. The average Bonchev–Trinajstić information content (AvgIpc) is 2.87. The number of nitrogens with zero attached hydrogens (tertiary/aromatic N) is 1. The minimum Gasteiger partial charge on any atom is -0.480 e. The van der Waals surface area contributed by atoms with Crippen LogP contribution in [0.5, 0.6) is 0 Å². The van der Waals surface area contributed by atoms with Gasteiger partial charge < -0.3 is 5.11 Å². The Hall–Kier alpha value is -1.65. The number of carboxylic acids is 1. The number of benzene rings is 1. The van der Waals surface area contributed by atoms with Crippen LogP contribution in [0.4, 0.5) is 0 Å². The monoisotopic (exact) mass is 287 g/mol. The summed E-state index contributed by atoms with van der Waals surface area (Å²) < 4.78 is 0. The Labute approximate surface area is 122 Å². The van der Waals surface area contributed by atoms with Crippen molar-refractivity contribution < 1.29 is 9.90 Å². The summed E-state index contributed by atoms with van der Waals surface area (Å²) in [5.74, 6) is -0.762. The van der Waals surface area contributed by atoms with Crippen molar-refractivity contribution in [2.24, 2.45) is 0 Å². The van der Waals surface area contributed by atoms with Crippen LogP contribution < -0.4 is 0 Å². The quantitative estimate of drug-likeness (QED) is 0.943. The molecule has 0 saturated carbocycles. The minimum absolute atomic E-state index is 0.0716. The topological polar surface area (TPSA) is 40.5 Å². The van der Waals surface area contributed by atoms with Crippen molar-refractivity contribution in [2.75, 3.05) is 13.1 Å². The molecule has 0 saturated heterocycles. The fourth-order valence-electron chi connectivity index (χ4n) is 2.97. The first-order valence-corrected chi connectivity index (χ1v) is 7.62. The highest BCUT2D eigenvalue weighted by atomic mass is 32.1. The zero-order chi connectivity index (χ0) is 14.1. The van der Waals surface area contributed by atoms with E-state index < -0.39 is 5.97 Å². The minimum atomic E-state index is -0.762. The van der Waals surface area contributed by atoms with Crippen molar-refractivity contribution in [3.8, 4) is 0 Å². The number of fused-ring (bicyclic) bond motifs is 1. The number of hydrogen-bond donors (Lipinski definition) is 1. The molecular weight excluding hydrogens is 270 g/mol. The second kappa shape index (κ2) is 5.38. The number of aryl methyl sites for hydroxylation is 1. The third-order valence-electron chi connectivity index (χ3n) is 3.89. The molecule has 0 fully saturated rings. The molecule has 1 aromatic heterocycles. The molecule has 3 rings (SSSR count). The van der Waals surface area contributed by atoms with Gasteiger partial charge in [0.15, 0.2) is 0 Å². The lowest BCUT2D eigenvalue weighted by atomic mass is 9.90. The first kappa shape index (κ1) is 13.3. The second-order valence-electron chi connectivity index (χ2n) is 5.17. The molecule has 0 amide bonds. The molecule has 2 aromatic rings. The molecule has 1 N–H and O–H groups in total. The molecular formula is C16H17NO2S.